The van der Waals surface area contributed by atoms with Crippen molar-refractivity contribution in [3.63, 3.8) is 0 Å². The van der Waals surface area contributed by atoms with Gasteiger partial charge in [0.05, 0.1) is 24.2 Å². The van der Waals surface area contributed by atoms with Gasteiger partial charge in [0, 0.05) is 15.8 Å². The minimum atomic E-state index is -0.122. The average molecular weight is 371 g/mol. The van der Waals surface area contributed by atoms with E-state index in [0.717, 1.165) is 10.0 Å². The van der Waals surface area contributed by atoms with Crippen LogP contribution >= 0.6 is 34.7 Å². The number of carbonyl (C=O) groups is 1. The zero-order valence-electron chi connectivity index (χ0n) is 13.5. The highest BCUT2D eigenvalue weighted by Crippen LogP contribution is 2.30. The van der Waals surface area contributed by atoms with E-state index in [-0.39, 0.29) is 17.1 Å². The molecule has 124 valence electrons. The van der Waals surface area contributed by atoms with Crippen LogP contribution in [0.2, 0.25) is 5.02 Å². The summed E-state index contributed by atoms with van der Waals surface area (Å²) < 4.78 is 6.11. The molecule has 2 rings (SSSR count). The quantitative estimate of drug-likeness (QED) is 0.765. The number of nitrogens with zero attached hydrogens (tertiary/aromatic N) is 1. The van der Waals surface area contributed by atoms with Crippen LogP contribution in [0.1, 0.15) is 26.5 Å². The lowest BCUT2D eigenvalue weighted by Gasteiger charge is -2.14. The Labute approximate surface area is 149 Å². The van der Waals surface area contributed by atoms with E-state index >= 15 is 0 Å². The summed E-state index contributed by atoms with van der Waals surface area (Å²) in [5.41, 5.74) is 1.63. The second-order valence-corrected chi connectivity index (χ2v) is 8.45. The summed E-state index contributed by atoms with van der Waals surface area (Å²) in [6.45, 7) is 6.36. The number of ether oxygens (including phenoxy) is 1. The Balaban J connectivity index is 1.95. The first-order valence-corrected chi connectivity index (χ1v) is 9.26. The van der Waals surface area contributed by atoms with E-state index in [1.54, 1.807) is 36.6 Å². The van der Waals surface area contributed by atoms with Crippen LogP contribution in [0.4, 0.5) is 5.69 Å². The van der Waals surface area contributed by atoms with Gasteiger partial charge in [-0.1, -0.05) is 44.1 Å². The molecular weight excluding hydrogens is 352 g/mol. The van der Waals surface area contributed by atoms with Crippen molar-refractivity contribution >= 4 is 46.3 Å². The molecule has 4 nitrogen and oxygen atoms in total. The molecule has 1 amide bonds. The number of benzene rings is 1. The van der Waals surface area contributed by atoms with Gasteiger partial charge in [-0.05, 0) is 18.2 Å². The van der Waals surface area contributed by atoms with E-state index in [1.165, 1.54) is 11.8 Å². The van der Waals surface area contributed by atoms with E-state index in [9.17, 15) is 4.79 Å². The third-order valence-electron chi connectivity index (χ3n) is 3.01. The molecule has 23 heavy (non-hydrogen) atoms. The van der Waals surface area contributed by atoms with E-state index in [1.807, 2.05) is 5.38 Å². The number of amides is 1. The highest BCUT2D eigenvalue weighted by Gasteiger charge is 2.18. The van der Waals surface area contributed by atoms with Crippen molar-refractivity contribution in [2.45, 2.75) is 30.5 Å². The third kappa shape index (κ3) is 5.12. The fraction of sp³-hybridized carbons (Fsp3) is 0.375. The minimum absolute atomic E-state index is 0.0196. The zero-order valence-corrected chi connectivity index (χ0v) is 15.9. The highest BCUT2D eigenvalue weighted by atomic mass is 35.5. The van der Waals surface area contributed by atoms with Crippen LogP contribution in [0.25, 0.3) is 0 Å². The molecule has 0 aliphatic carbocycles. The monoisotopic (exact) mass is 370 g/mol. The molecule has 0 saturated carbocycles. The van der Waals surface area contributed by atoms with Gasteiger partial charge in [-0.15, -0.1) is 11.3 Å². The van der Waals surface area contributed by atoms with Crippen LogP contribution in [0.3, 0.4) is 0 Å². The Kier molecular flexibility index (Phi) is 5.95. The number of hydrogen-bond donors (Lipinski definition) is 1. The maximum atomic E-state index is 12.1. The van der Waals surface area contributed by atoms with Gasteiger partial charge in [-0.25, -0.2) is 4.98 Å². The van der Waals surface area contributed by atoms with Crippen molar-refractivity contribution < 1.29 is 9.53 Å². The van der Waals surface area contributed by atoms with E-state index < -0.39 is 0 Å². The summed E-state index contributed by atoms with van der Waals surface area (Å²) in [5, 5.41) is 5.40. The van der Waals surface area contributed by atoms with Gasteiger partial charge < -0.3 is 10.1 Å². The van der Waals surface area contributed by atoms with Crippen LogP contribution < -0.4 is 10.1 Å². The lowest BCUT2D eigenvalue weighted by Crippen LogP contribution is -2.15. The van der Waals surface area contributed by atoms with Crippen LogP contribution in [-0.4, -0.2) is 23.8 Å². The number of rotatable bonds is 5. The first kappa shape index (κ1) is 18.1. The molecule has 0 aliphatic rings. The Morgan fingerprint density at radius 2 is 2.17 bits per heavy atom. The molecule has 0 aliphatic heterocycles. The van der Waals surface area contributed by atoms with Gasteiger partial charge in [0.15, 0.2) is 4.34 Å². The maximum absolute atomic E-state index is 12.1. The van der Waals surface area contributed by atoms with Crippen molar-refractivity contribution in [3.8, 4) is 5.75 Å². The number of thiazole rings is 1. The Morgan fingerprint density at radius 3 is 2.78 bits per heavy atom. The van der Waals surface area contributed by atoms with Crippen molar-refractivity contribution in [1.29, 1.82) is 0 Å². The maximum Gasteiger partial charge on any atom is 0.234 e. The number of hydrogen-bond acceptors (Lipinski definition) is 5. The standard InChI is InChI=1S/C16H19ClN2O2S2/c1-16(2,3)13-8-22-15(19-13)23-9-14(20)18-11-7-10(17)5-6-12(11)21-4/h5-8H,9H2,1-4H3,(H,18,20). The Hall–Kier alpha value is -1.24. The molecule has 1 aromatic carbocycles. The van der Waals surface area contributed by atoms with Gasteiger partial charge in [-0.3, -0.25) is 4.79 Å². The molecule has 0 saturated heterocycles. The SMILES string of the molecule is COc1ccc(Cl)cc1NC(=O)CSc1nc(C(C)(C)C)cs1. The summed E-state index contributed by atoms with van der Waals surface area (Å²) in [6.07, 6.45) is 0. The minimum Gasteiger partial charge on any atom is -0.495 e. The van der Waals surface area contributed by atoms with Gasteiger partial charge in [0.1, 0.15) is 5.75 Å². The second-order valence-electron chi connectivity index (χ2n) is 5.93. The normalized spacial score (nSPS) is 11.3. The number of aromatic nitrogens is 1. The number of nitrogens with one attached hydrogen (secondary N) is 1. The molecule has 0 unspecified atom stereocenters. The van der Waals surface area contributed by atoms with Crippen LogP contribution in [-0.2, 0) is 10.2 Å². The van der Waals surface area contributed by atoms with E-state index in [2.05, 4.69) is 31.1 Å². The van der Waals surface area contributed by atoms with Gasteiger partial charge in [-0.2, -0.15) is 0 Å². The Morgan fingerprint density at radius 1 is 1.43 bits per heavy atom. The number of anilines is 1. The fourth-order valence-electron chi connectivity index (χ4n) is 1.76. The molecule has 0 radical (unpaired) electrons. The summed E-state index contributed by atoms with van der Waals surface area (Å²) >= 11 is 8.94. The predicted octanol–water partition coefficient (Wildman–Crippen LogP) is 4.83. The number of halogens is 1. The molecular formula is C16H19ClN2O2S2. The second kappa shape index (κ2) is 7.55. The average Bonchev–Trinajstić information content (AvgIpc) is 2.94. The van der Waals surface area contributed by atoms with Crippen LogP contribution in [0.15, 0.2) is 27.9 Å². The molecule has 0 fully saturated rings. The smallest absolute Gasteiger partial charge is 0.234 e. The number of thioether (sulfide) groups is 1. The molecule has 2 aromatic rings. The topological polar surface area (TPSA) is 51.2 Å². The molecule has 0 bridgehead atoms. The first-order chi connectivity index (χ1) is 10.8. The third-order valence-corrected chi connectivity index (χ3v) is 5.27. The molecule has 1 aromatic heterocycles. The van der Waals surface area contributed by atoms with Crippen molar-refractivity contribution in [2.75, 3.05) is 18.2 Å². The summed E-state index contributed by atoms with van der Waals surface area (Å²) in [7, 11) is 1.55. The van der Waals surface area contributed by atoms with Gasteiger partial charge >= 0.3 is 0 Å². The number of carbonyl (C=O) groups excluding carboxylic acids is 1. The van der Waals surface area contributed by atoms with Crippen molar-refractivity contribution in [1.82, 2.24) is 4.98 Å². The van der Waals surface area contributed by atoms with Gasteiger partial charge in [0.2, 0.25) is 5.91 Å². The summed E-state index contributed by atoms with van der Waals surface area (Å²) in [5.74, 6) is 0.743. The first-order valence-electron chi connectivity index (χ1n) is 7.02. The van der Waals surface area contributed by atoms with E-state index in [4.69, 9.17) is 16.3 Å². The molecule has 0 spiro atoms. The predicted molar refractivity (Wildman–Crippen MR) is 98.2 cm³/mol. The largest absolute Gasteiger partial charge is 0.495 e. The van der Waals surface area contributed by atoms with Crippen LogP contribution in [0.5, 0.6) is 5.75 Å². The van der Waals surface area contributed by atoms with Crippen molar-refractivity contribution in [3.05, 3.63) is 34.3 Å². The zero-order chi connectivity index (χ0) is 17.0. The Bertz CT molecular complexity index is 696. The molecule has 0 atom stereocenters. The fourth-order valence-corrected chi connectivity index (χ4v) is 3.78. The summed E-state index contributed by atoms with van der Waals surface area (Å²) in [4.78, 5) is 16.7. The lowest BCUT2D eigenvalue weighted by atomic mass is 9.93. The molecule has 1 heterocycles. The summed E-state index contributed by atoms with van der Waals surface area (Å²) in [6, 6.07) is 5.11. The molecule has 1 N–H and O–H groups in total. The molecule has 7 heteroatoms. The lowest BCUT2D eigenvalue weighted by molar-refractivity contribution is -0.113. The highest BCUT2D eigenvalue weighted by molar-refractivity contribution is 8.01. The number of methoxy groups -OCH3 is 1. The van der Waals surface area contributed by atoms with Crippen molar-refractivity contribution in [2.24, 2.45) is 0 Å². The van der Waals surface area contributed by atoms with Crippen LogP contribution in [0, 0.1) is 0 Å². The van der Waals surface area contributed by atoms with Gasteiger partial charge in [0.25, 0.3) is 0 Å². The van der Waals surface area contributed by atoms with E-state index in [0.29, 0.717) is 16.5 Å².